The quantitative estimate of drug-likeness (QED) is 0.0973. The highest BCUT2D eigenvalue weighted by Gasteiger charge is 2.44. The number of aryl methyl sites for hydroxylation is 1. The summed E-state index contributed by atoms with van der Waals surface area (Å²) in [6.07, 6.45) is 6.20. The smallest absolute Gasteiger partial charge is 0.410 e. The molecule has 5 aromatic rings. The largest absolute Gasteiger partial charge is 0.489 e. The number of hydrogen-bond acceptors (Lipinski definition) is 7. The summed E-state index contributed by atoms with van der Waals surface area (Å²) < 4.78 is 57.5. The number of carbonyl (C=O) groups is 1. The molecule has 0 N–H and O–H groups in total. The molecular weight excluding hydrogens is 644 g/mol. The SMILES string of the molecule is CCOCOC1(c2nn(C)c(C)c2CCOc2c(-c3ccc4c(c3)c(CN(C)C(=O)OC(C)(C)C)cc3nccn34)ccc(F)c2F)CCC1. The maximum atomic E-state index is 15.6. The summed E-state index contributed by atoms with van der Waals surface area (Å²) in [5.41, 5.74) is 4.99. The normalized spacial score (nSPS) is 14.3. The number of imidazole rings is 1. The Kier molecular flexibility index (Phi) is 9.87. The fourth-order valence-corrected chi connectivity index (χ4v) is 6.48. The lowest BCUT2D eigenvalue weighted by Crippen LogP contribution is -2.39. The van der Waals surface area contributed by atoms with Gasteiger partial charge in [0, 0.05) is 68.3 Å². The highest BCUT2D eigenvalue weighted by molar-refractivity contribution is 5.91. The molecule has 3 heterocycles. The van der Waals surface area contributed by atoms with Gasteiger partial charge < -0.3 is 23.8 Å². The number of hydrogen-bond donors (Lipinski definition) is 0. The van der Waals surface area contributed by atoms with Gasteiger partial charge in [0.2, 0.25) is 5.82 Å². The van der Waals surface area contributed by atoms with Crippen LogP contribution < -0.4 is 4.74 Å². The molecule has 1 aliphatic rings. The monoisotopic (exact) mass is 689 g/mol. The Labute approximate surface area is 290 Å². The molecule has 10 nitrogen and oxygen atoms in total. The first kappa shape index (κ1) is 35.3. The third-order valence-electron chi connectivity index (χ3n) is 9.32. The molecular formula is C38H45F2N5O5. The van der Waals surface area contributed by atoms with Gasteiger partial charge >= 0.3 is 6.09 Å². The van der Waals surface area contributed by atoms with Crippen LogP contribution in [0.1, 0.15) is 69.5 Å². The van der Waals surface area contributed by atoms with Crippen LogP contribution in [-0.4, -0.2) is 62.8 Å². The van der Waals surface area contributed by atoms with Crippen molar-refractivity contribution in [1.82, 2.24) is 24.1 Å². The molecule has 0 saturated heterocycles. The average molecular weight is 690 g/mol. The number of pyridine rings is 1. The van der Waals surface area contributed by atoms with Gasteiger partial charge in [-0.3, -0.25) is 9.08 Å². The molecule has 0 unspecified atom stereocenters. The van der Waals surface area contributed by atoms with Crippen LogP contribution in [0.3, 0.4) is 0 Å². The van der Waals surface area contributed by atoms with Crippen LogP contribution in [0.5, 0.6) is 5.75 Å². The molecule has 1 aliphatic carbocycles. The molecule has 0 atom stereocenters. The minimum atomic E-state index is -1.06. The molecule has 6 rings (SSSR count). The number of nitrogens with zero attached hydrogens (tertiary/aromatic N) is 5. The Morgan fingerprint density at radius 2 is 1.90 bits per heavy atom. The summed E-state index contributed by atoms with van der Waals surface area (Å²) in [6, 6.07) is 10.2. The number of amides is 1. The fraction of sp³-hybridized carbons (Fsp3) is 0.447. The van der Waals surface area contributed by atoms with E-state index in [0.717, 1.165) is 58.7 Å². The van der Waals surface area contributed by atoms with E-state index in [1.54, 1.807) is 13.2 Å². The van der Waals surface area contributed by atoms with Crippen molar-refractivity contribution in [2.45, 2.75) is 78.0 Å². The predicted molar refractivity (Wildman–Crippen MR) is 186 cm³/mol. The van der Waals surface area contributed by atoms with Gasteiger partial charge in [0.05, 0.1) is 17.8 Å². The molecule has 0 bridgehead atoms. The number of benzene rings is 2. The third kappa shape index (κ3) is 6.91. The van der Waals surface area contributed by atoms with Crippen LogP contribution in [-0.2, 0) is 39.8 Å². The Hall–Kier alpha value is -4.55. The van der Waals surface area contributed by atoms with Crippen LogP contribution in [0.15, 0.2) is 48.8 Å². The zero-order valence-electron chi connectivity index (χ0n) is 29.8. The van der Waals surface area contributed by atoms with Gasteiger partial charge in [-0.15, -0.1) is 0 Å². The van der Waals surface area contributed by atoms with Gasteiger partial charge in [0.15, 0.2) is 11.6 Å². The van der Waals surface area contributed by atoms with E-state index in [-0.39, 0.29) is 25.7 Å². The van der Waals surface area contributed by atoms with Gasteiger partial charge in [-0.25, -0.2) is 14.2 Å². The van der Waals surface area contributed by atoms with Gasteiger partial charge in [-0.2, -0.15) is 9.49 Å². The summed E-state index contributed by atoms with van der Waals surface area (Å²) in [4.78, 5) is 18.8. The lowest BCUT2D eigenvalue weighted by Gasteiger charge is -2.40. The molecule has 12 heteroatoms. The topological polar surface area (TPSA) is 92.4 Å². The fourth-order valence-electron chi connectivity index (χ4n) is 6.48. The van der Waals surface area contributed by atoms with Crippen LogP contribution in [0.4, 0.5) is 13.6 Å². The van der Waals surface area contributed by atoms with Crippen molar-refractivity contribution in [2.24, 2.45) is 7.05 Å². The van der Waals surface area contributed by atoms with E-state index < -0.39 is 28.9 Å². The van der Waals surface area contributed by atoms with Crippen molar-refractivity contribution in [3.63, 3.8) is 0 Å². The van der Waals surface area contributed by atoms with Gasteiger partial charge in [0.25, 0.3) is 0 Å². The van der Waals surface area contributed by atoms with Crippen LogP contribution in [0.25, 0.3) is 27.7 Å². The number of halogens is 2. The first-order valence-corrected chi connectivity index (χ1v) is 17.0. The van der Waals surface area contributed by atoms with Crippen molar-refractivity contribution < 1.29 is 32.5 Å². The highest BCUT2D eigenvalue weighted by atomic mass is 19.2. The third-order valence-corrected chi connectivity index (χ3v) is 9.32. The maximum absolute atomic E-state index is 15.6. The molecule has 3 aromatic heterocycles. The van der Waals surface area contributed by atoms with Crippen molar-refractivity contribution in [2.75, 3.05) is 27.1 Å². The van der Waals surface area contributed by atoms with Crippen LogP contribution >= 0.6 is 0 Å². The van der Waals surface area contributed by atoms with Crippen LogP contribution in [0.2, 0.25) is 0 Å². The van der Waals surface area contributed by atoms with Crippen LogP contribution in [0, 0.1) is 18.6 Å². The number of aromatic nitrogens is 4. The number of rotatable bonds is 12. The van der Waals surface area contributed by atoms with E-state index in [1.165, 1.54) is 11.0 Å². The second-order valence-corrected chi connectivity index (χ2v) is 13.9. The zero-order chi connectivity index (χ0) is 35.8. The first-order chi connectivity index (χ1) is 23.8. The molecule has 0 spiro atoms. The van der Waals surface area contributed by atoms with E-state index in [1.807, 2.05) is 81.2 Å². The van der Waals surface area contributed by atoms with Gasteiger partial charge in [0.1, 0.15) is 23.6 Å². The molecule has 0 radical (unpaired) electrons. The molecule has 1 amide bonds. The summed E-state index contributed by atoms with van der Waals surface area (Å²) in [6.45, 7) is 10.4. The summed E-state index contributed by atoms with van der Waals surface area (Å²) >= 11 is 0. The number of carbonyl (C=O) groups excluding carboxylic acids is 1. The Morgan fingerprint density at radius 3 is 2.60 bits per heavy atom. The van der Waals surface area contributed by atoms with E-state index in [9.17, 15) is 9.18 Å². The highest BCUT2D eigenvalue weighted by Crippen LogP contribution is 2.46. The Bertz CT molecular complexity index is 2030. The molecule has 1 fully saturated rings. The number of ether oxygens (including phenoxy) is 4. The summed E-state index contributed by atoms with van der Waals surface area (Å²) in [5.74, 6) is -2.23. The van der Waals surface area contributed by atoms with E-state index in [0.29, 0.717) is 29.8 Å². The van der Waals surface area contributed by atoms with Crippen molar-refractivity contribution in [3.8, 4) is 16.9 Å². The summed E-state index contributed by atoms with van der Waals surface area (Å²) in [7, 11) is 3.56. The lowest BCUT2D eigenvalue weighted by atomic mass is 9.75. The predicted octanol–water partition coefficient (Wildman–Crippen LogP) is 7.85. The second-order valence-electron chi connectivity index (χ2n) is 13.9. The zero-order valence-corrected chi connectivity index (χ0v) is 29.8. The van der Waals surface area contributed by atoms with Crippen molar-refractivity contribution in [3.05, 3.63) is 82.9 Å². The minimum Gasteiger partial charge on any atom is -0.489 e. The summed E-state index contributed by atoms with van der Waals surface area (Å²) in [5, 5.41) is 5.63. The second kappa shape index (κ2) is 14.0. The Balaban J connectivity index is 1.32. The van der Waals surface area contributed by atoms with E-state index in [2.05, 4.69) is 4.98 Å². The Morgan fingerprint density at radius 1 is 1.12 bits per heavy atom. The van der Waals surface area contributed by atoms with E-state index >= 15 is 4.39 Å². The lowest BCUT2D eigenvalue weighted by molar-refractivity contribution is -0.180. The molecule has 1 saturated carbocycles. The average Bonchev–Trinajstić information content (AvgIpc) is 3.63. The van der Waals surface area contributed by atoms with Gasteiger partial charge in [-0.05, 0) is 95.3 Å². The van der Waals surface area contributed by atoms with Crippen molar-refractivity contribution >= 4 is 22.6 Å². The number of fused-ring (bicyclic) bond motifs is 3. The first-order valence-electron chi connectivity index (χ1n) is 17.0. The van der Waals surface area contributed by atoms with E-state index in [4.69, 9.17) is 24.0 Å². The minimum absolute atomic E-state index is 0.0869. The molecule has 2 aromatic carbocycles. The maximum Gasteiger partial charge on any atom is 0.410 e. The molecule has 0 aliphatic heterocycles. The van der Waals surface area contributed by atoms with Crippen molar-refractivity contribution in [1.29, 1.82) is 0 Å². The molecule has 266 valence electrons. The standard InChI is InChI=1S/C38H45F2N5O5/c1-8-47-23-49-38(15-9-16-38)35-27(24(2)44(7)42-35)14-19-48-34-28(11-12-30(39)33(34)40)25-10-13-31-29(20-25)26(21-32-41-17-18-45(31)32)22-43(6)36(46)50-37(3,4)5/h10-13,17-18,20-21H,8-9,14-16,19,22-23H2,1-7H3. The van der Waals surface area contributed by atoms with Gasteiger partial charge in [-0.1, -0.05) is 6.07 Å². The molecule has 50 heavy (non-hydrogen) atoms.